The first kappa shape index (κ1) is 16.5. The maximum Gasteiger partial charge on any atom is 0.251 e. The van der Waals surface area contributed by atoms with E-state index in [-0.39, 0.29) is 15.5 Å². The van der Waals surface area contributed by atoms with Gasteiger partial charge in [0.1, 0.15) is 4.90 Å². The molecule has 2 aromatic rings. The summed E-state index contributed by atoms with van der Waals surface area (Å²) in [6.45, 7) is 2.32. The number of hydrogen-bond donors (Lipinski definition) is 2. The van der Waals surface area contributed by atoms with Gasteiger partial charge in [-0.15, -0.1) is 0 Å². The molecule has 0 unspecified atom stereocenters. The quantitative estimate of drug-likeness (QED) is 0.895. The standard InChI is InChI=1S/C15H15ClN2O3S/c1-10-2-4-11(5-3-10)9-18-15(19)12-6-7-13(16)14(8-12)22(17,20)21/h2-8H,9H2,1H3,(H,18,19)(H2,17,20,21). The minimum atomic E-state index is -3.97. The molecule has 116 valence electrons. The van der Waals surface area contributed by atoms with Crippen LogP contribution in [0.3, 0.4) is 0 Å². The number of carbonyl (C=O) groups excluding carboxylic acids is 1. The van der Waals surface area contributed by atoms with E-state index in [9.17, 15) is 13.2 Å². The summed E-state index contributed by atoms with van der Waals surface area (Å²) >= 11 is 5.78. The van der Waals surface area contributed by atoms with Crippen LogP contribution >= 0.6 is 11.6 Å². The molecule has 3 N–H and O–H groups in total. The SMILES string of the molecule is Cc1ccc(CNC(=O)c2ccc(Cl)c(S(N)(=O)=O)c2)cc1. The van der Waals surface area contributed by atoms with Crippen LogP contribution in [0, 0.1) is 6.92 Å². The van der Waals surface area contributed by atoms with Crippen LogP contribution in [-0.4, -0.2) is 14.3 Å². The normalized spacial score (nSPS) is 11.2. The van der Waals surface area contributed by atoms with Gasteiger partial charge in [0.2, 0.25) is 10.0 Å². The van der Waals surface area contributed by atoms with E-state index in [0.717, 1.165) is 11.1 Å². The lowest BCUT2D eigenvalue weighted by molar-refractivity contribution is 0.0950. The van der Waals surface area contributed by atoms with Crippen molar-refractivity contribution in [3.8, 4) is 0 Å². The second kappa shape index (κ2) is 6.48. The number of sulfonamides is 1. The number of rotatable bonds is 4. The highest BCUT2D eigenvalue weighted by atomic mass is 35.5. The van der Waals surface area contributed by atoms with Crippen molar-refractivity contribution >= 4 is 27.5 Å². The molecule has 0 aliphatic carbocycles. The van der Waals surface area contributed by atoms with E-state index < -0.39 is 15.9 Å². The molecule has 0 saturated carbocycles. The lowest BCUT2D eigenvalue weighted by atomic mass is 10.1. The first-order valence-corrected chi connectivity index (χ1v) is 8.36. The van der Waals surface area contributed by atoms with Gasteiger partial charge in [-0.3, -0.25) is 4.79 Å². The summed E-state index contributed by atoms with van der Waals surface area (Å²) in [5, 5.41) is 7.76. The Kier molecular flexibility index (Phi) is 4.85. The predicted octanol–water partition coefficient (Wildman–Crippen LogP) is 2.23. The fourth-order valence-corrected chi connectivity index (χ4v) is 2.92. The number of nitrogens with one attached hydrogen (secondary N) is 1. The summed E-state index contributed by atoms with van der Waals surface area (Å²) in [6, 6.07) is 11.7. The molecule has 2 aromatic carbocycles. The first-order chi connectivity index (χ1) is 10.3. The molecule has 0 atom stereocenters. The van der Waals surface area contributed by atoms with Crippen molar-refractivity contribution in [3.05, 3.63) is 64.2 Å². The number of nitrogens with two attached hydrogens (primary N) is 1. The molecule has 2 rings (SSSR count). The molecule has 0 aliphatic rings. The Bertz CT molecular complexity index is 802. The van der Waals surface area contributed by atoms with Crippen molar-refractivity contribution in [1.29, 1.82) is 0 Å². The van der Waals surface area contributed by atoms with Crippen molar-refractivity contribution < 1.29 is 13.2 Å². The van der Waals surface area contributed by atoms with Crippen molar-refractivity contribution in [2.24, 2.45) is 5.14 Å². The topological polar surface area (TPSA) is 89.3 Å². The van der Waals surface area contributed by atoms with Crippen molar-refractivity contribution in [2.75, 3.05) is 0 Å². The van der Waals surface area contributed by atoms with E-state index in [1.807, 2.05) is 31.2 Å². The van der Waals surface area contributed by atoms with E-state index in [2.05, 4.69) is 5.32 Å². The number of carbonyl (C=O) groups is 1. The molecular weight excluding hydrogens is 324 g/mol. The average molecular weight is 339 g/mol. The Morgan fingerprint density at radius 2 is 1.82 bits per heavy atom. The third-order valence-corrected chi connectivity index (χ3v) is 4.47. The predicted molar refractivity (Wildman–Crippen MR) is 85.2 cm³/mol. The van der Waals surface area contributed by atoms with Gasteiger partial charge in [0.25, 0.3) is 5.91 Å². The Balaban J connectivity index is 2.15. The molecule has 22 heavy (non-hydrogen) atoms. The van der Waals surface area contributed by atoms with Gasteiger partial charge >= 0.3 is 0 Å². The largest absolute Gasteiger partial charge is 0.348 e. The van der Waals surface area contributed by atoms with Gasteiger partial charge in [-0.05, 0) is 30.7 Å². The lowest BCUT2D eigenvalue weighted by Gasteiger charge is -2.08. The number of benzene rings is 2. The monoisotopic (exact) mass is 338 g/mol. The Morgan fingerprint density at radius 3 is 2.41 bits per heavy atom. The number of hydrogen-bond acceptors (Lipinski definition) is 3. The highest BCUT2D eigenvalue weighted by molar-refractivity contribution is 7.89. The maximum absolute atomic E-state index is 12.1. The minimum Gasteiger partial charge on any atom is -0.348 e. The summed E-state index contributed by atoms with van der Waals surface area (Å²) in [7, 11) is -3.97. The van der Waals surface area contributed by atoms with Gasteiger partial charge in [-0.1, -0.05) is 41.4 Å². The zero-order valence-corrected chi connectivity index (χ0v) is 13.4. The zero-order valence-electron chi connectivity index (χ0n) is 11.8. The van der Waals surface area contributed by atoms with Crippen LogP contribution in [0.2, 0.25) is 5.02 Å². The third kappa shape index (κ3) is 4.07. The van der Waals surface area contributed by atoms with E-state index in [1.165, 1.54) is 18.2 Å². The molecule has 0 fully saturated rings. The Labute approximate surface area is 134 Å². The van der Waals surface area contributed by atoms with Gasteiger partial charge in [0.05, 0.1) is 5.02 Å². The average Bonchev–Trinajstić information content (AvgIpc) is 2.45. The van der Waals surface area contributed by atoms with Gasteiger partial charge in [-0.25, -0.2) is 13.6 Å². The van der Waals surface area contributed by atoms with Crippen molar-refractivity contribution in [2.45, 2.75) is 18.4 Å². The Hall–Kier alpha value is -1.89. The van der Waals surface area contributed by atoms with Crippen molar-refractivity contribution in [3.63, 3.8) is 0 Å². The molecule has 0 saturated heterocycles. The highest BCUT2D eigenvalue weighted by Crippen LogP contribution is 2.21. The maximum atomic E-state index is 12.1. The number of halogens is 1. The van der Waals surface area contributed by atoms with Crippen LogP contribution in [-0.2, 0) is 16.6 Å². The van der Waals surface area contributed by atoms with Crippen LogP contribution < -0.4 is 10.5 Å². The van der Waals surface area contributed by atoms with E-state index in [0.29, 0.717) is 6.54 Å². The van der Waals surface area contributed by atoms with E-state index in [1.54, 1.807) is 0 Å². The molecule has 0 radical (unpaired) electrons. The highest BCUT2D eigenvalue weighted by Gasteiger charge is 2.16. The van der Waals surface area contributed by atoms with E-state index in [4.69, 9.17) is 16.7 Å². The van der Waals surface area contributed by atoms with Gasteiger partial charge in [-0.2, -0.15) is 0 Å². The molecule has 5 nitrogen and oxygen atoms in total. The third-order valence-electron chi connectivity index (χ3n) is 3.07. The second-order valence-corrected chi connectivity index (χ2v) is 6.80. The van der Waals surface area contributed by atoms with Gasteiger partial charge in [0, 0.05) is 12.1 Å². The second-order valence-electron chi connectivity index (χ2n) is 4.86. The molecule has 0 bridgehead atoms. The lowest BCUT2D eigenvalue weighted by Crippen LogP contribution is -2.23. The van der Waals surface area contributed by atoms with Crippen LogP contribution in [0.25, 0.3) is 0 Å². The molecule has 0 heterocycles. The smallest absolute Gasteiger partial charge is 0.251 e. The molecule has 0 spiro atoms. The van der Waals surface area contributed by atoms with Crippen LogP contribution in [0.1, 0.15) is 21.5 Å². The molecule has 0 aliphatic heterocycles. The number of primary sulfonamides is 1. The number of aryl methyl sites for hydroxylation is 1. The molecule has 1 amide bonds. The van der Waals surface area contributed by atoms with E-state index >= 15 is 0 Å². The fourth-order valence-electron chi connectivity index (χ4n) is 1.85. The summed E-state index contributed by atoms with van der Waals surface area (Å²) in [5.74, 6) is -0.401. The van der Waals surface area contributed by atoms with Crippen LogP contribution in [0.5, 0.6) is 0 Å². The van der Waals surface area contributed by atoms with Crippen molar-refractivity contribution in [1.82, 2.24) is 5.32 Å². The van der Waals surface area contributed by atoms with Crippen LogP contribution in [0.15, 0.2) is 47.4 Å². The van der Waals surface area contributed by atoms with Crippen LogP contribution in [0.4, 0.5) is 0 Å². The Morgan fingerprint density at radius 1 is 1.18 bits per heavy atom. The van der Waals surface area contributed by atoms with Gasteiger partial charge < -0.3 is 5.32 Å². The zero-order chi connectivity index (χ0) is 16.3. The summed E-state index contributed by atoms with van der Waals surface area (Å²) in [6.07, 6.45) is 0. The molecule has 7 heteroatoms. The summed E-state index contributed by atoms with van der Waals surface area (Å²) in [4.78, 5) is 11.8. The first-order valence-electron chi connectivity index (χ1n) is 6.43. The summed E-state index contributed by atoms with van der Waals surface area (Å²) < 4.78 is 22.8. The fraction of sp³-hybridized carbons (Fsp3) is 0.133. The van der Waals surface area contributed by atoms with Gasteiger partial charge in [0.15, 0.2) is 0 Å². The number of amides is 1. The minimum absolute atomic E-state index is 0.0161. The summed E-state index contributed by atoms with van der Waals surface area (Å²) in [5.41, 5.74) is 2.26. The molecular formula is C15H15ClN2O3S. The molecule has 0 aromatic heterocycles.